The van der Waals surface area contributed by atoms with Crippen molar-refractivity contribution in [3.05, 3.63) is 23.8 Å². The van der Waals surface area contributed by atoms with Crippen LogP contribution in [0.4, 0.5) is 0 Å². The molecular formula is C20H28O3. The van der Waals surface area contributed by atoms with Crippen molar-refractivity contribution in [2.75, 3.05) is 0 Å². The van der Waals surface area contributed by atoms with E-state index < -0.39 is 22.0 Å². The van der Waals surface area contributed by atoms with E-state index in [1.165, 1.54) is 5.57 Å². The zero-order chi connectivity index (χ0) is 16.7. The normalized spacial score (nSPS) is 55.0. The molecular weight excluding hydrogens is 288 g/mol. The summed E-state index contributed by atoms with van der Waals surface area (Å²) < 4.78 is 0. The first-order chi connectivity index (χ1) is 10.7. The van der Waals surface area contributed by atoms with Gasteiger partial charge in [-0.15, -0.1) is 0 Å². The molecule has 23 heavy (non-hydrogen) atoms. The molecule has 4 aliphatic rings. The van der Waals surface area contributed by atoms with Crippen molar-refractivity contribution < 1.29 is 15.0 Å². The lowest BCUT2D eigenvalue weighted by Crippen LogP contribution is -2.64. The summed E-state index contributed by atoms with van der Waals surface area (Å²) in [6.07, 6.45) is 10.6. The van der Waals surface area contributed by atoms with Gasteiger partial charge in [0.05, 0.1) is 16.6 Å². The van der Waals surface area contributed by atoms with Gasteiger partial charge in [-0.2, -0.15) is 0 Å². The number of fused-ring (bicyclic) bond motifs is 5. The molecule has 2 unspecified atom stereocenters. The fraction of sp³-hybridized carbons (Fsp3) is 0.750. The Bertz CT molecular complexity index is 631. The number of rotatable bonds is 0. The number of ketones is 1. The van der Waals surface area contributed by atoms with Gasteiger partial charge in [0, 0.05) is 5.41 Å². The molecule has 3 heteroatoms. The summed E-state index contributed by atoms with van der Waals surface area (Å²) in [5, 5.41) is 22.6. The molecule has 2 N–H and O–H groups in total. The highest BCUT2D eigenvalue weighted by molar-refractivity contribution is 5.98. The lowest BCUT2D eigenvalue weighted by atomic mass is 9.46. The fourth-order valence-corrected chi connectivity index (χ4v) is 6.38. The molecule has 4 rings (SSSR count). The first-order valence-corrected chi connectivity index (χ1v) is 9.02. The second-order valence-corrected chi connectivity index (χ2v) is 8.92. The largest absolute Gasteiger partial charge is 0.389 e. The Kier molecular flexibility index (Phi) is 2.96. The Morgan fingerprint density at radius 3 is 2.57 bits per heavy atom. The van der Waals surface area contributed by atoms with Gasteiger partial charge in [0.15, 0.2) is 5.78 Å². The van der Waals surface area contributed by atoms with Crippen molar-refractivity contribution in [2.24, 2.45) is 22.7 Å². The molecule has 2 fully saturated rings. The maximum absolute atomic E-state index is 12.8. The summed E-state index contributed by atoms with van der Waals surface area (Å²) in [7, 11) is 0. The van der Waals surface area contributed by atoms with Gasteiger partial charge in [-0.3, -0.25) is 4.79 Å². The highest BCUT2D eigenvalue weighted by Gasteiger charge is 2.70. The summed E-state index contributed by atoms with van der Waals surface area (Å²) in [4.78, 5) is 12.8. The van der Waals surface area contributed by atoms with E-state index in [1.807, 2.05) is 13.0 Å². The van der Waals surface area contributed by atoms with Crippen molar-refractivity contribution in [2.45, 2.75) is 70.5 Å². The number of aliphatic hydroxyl groups is 2. The predicted octanol–water partition coefficient (Wildman–Crippen LogP) is 3.16. The zero-order valence-corrected chi connectivity index (χ0v) is 14.4. The molecule has 0 aliphatic heterocycles. The van der Waals surface area contributed by atoms with Crippen molar-refractivity contribution in [1.29, 1.82) is 0 Å². The van der Waals surface area contributed by atoms with Crippen molar-refractivity contribution >= 4 is 5.78 Å². The summed E-state index contributed by atoms with van der Waals surface area (Å²) >= 11 is 0. The van der Waals surface area contributed by atoms with Gasteiger partial charge in [-0.05, 0) is 70.3 Å². The molecule has 0 heterocycles. The molecule has 0 radical (unpaired) electrons. The van der Waals surface area contributed by atoms with E-state index >= 15 is 0 Å². The minimum atomic E-state index is -0.869. The fourth-order valence-electron chi connectivity index (χ4n) is 6.38. The maximum atomic E-state index is 12.8. The third kappa shape index (κ3) is 1.61. The number of carbonyl (C=O) groups excluding carboxylic acids is 1. The van der Waals surface area contributed by atoms with E-state index in [2.05, 4.69) is 19.9 Å². The van der Waals surface area contributed by atoms with Gasteiger partial charge >= 0.3 is 0 Å². The van der Waals surface area contributed by atoms with Crippen LogP contribution in [-0.2, 0) is 4.79 Å². The lowest BCUT2D eigenvalue weighted by Gasteiger charge is -2.60. The minimum absolute atomic E-state index is 0.0689. The van der Waals surface area contributed by atoms with E-state index in [0.717, 1.165) is 25.7 Å². The van der Waals surface area contributed by atoms with Crippen LogP contribution in [0, 0.1) is 22.7 Å². The first kappa shape index (κ1) is 15.6. The molecule has 0 bridgehead atoms. The Labute approximate surface area is 138 Å². The monoisotopic (exact) mass is 316 g/mol. The van der Waals surface area contributed by atoms with E-state index in [9.17, 15) is 15.0 Å². The number of hydrogen-bond acceptors (Lipinski definition) is 3. The smallest absolute Gasteiger partial charge is 0.165 e. The molecule has 0 saturated heterocycles. The van der Waals surface area contributed by atoms with Gasteiger partial charge in [-0.25, -0.2) is 0 Å². The number of carbonyl (C=O) groups is 1. The van der Waals surface area contributed by atoms with Crippen molar-refractivity contribution in [3.8, 4) is 0 Å². The predicted molar refractivity (Wildman–Crippen MR) is 88.7 cm³/mol. The zero-order valence-electron chi connectivity index (χ0n) is 14.4. The van der Waals surface area contributed by atoms with Gasteiger partial charge in [0.25, 0.3) is 0 Å². The highest BCUT2D eigenvalue weighted by Crippen LogP contribution is 2.67. The molecule has 2 saturated carbocycles. The molecule has 6 atom stereocenters. The Morgan fingerprint density at radius 2 is 1.83 bits per heavy atom. The van der Waals surface area contributed by atoms with Crippen LogP contribution in [0.3, 0.4) is 0 Å². The van der Waals surface area contributed by atoms with Crippen molar-refractivity contribution in [1.82, 2.24) is 0 Å². The van der Waals surface area contributed by atoms with Gasteiger partial charge in [0.2, 0.25) is 0 Å². The van der Waals surface area contributed by atoms with Crippen LogP contribution < -0.4 is 0 Å². The van der Waals surface area contributed by atoms with E-state index in [0.29, 0.717) is 12.8 Å². The summed E-state index contributed by atoms with van der Waals surface area (Å²) in [5.74, 6) is 0.452. The molecule has 0 aromatic heterocycles. The van der Waals surface area contributed by atoms with E-state index in [4.69, 9.17) is 0 Å². The molecule has 0 aromatic carbocycles. The van der Waals surface area contributed by atoms with E-state index in [-0.39, 0.29) is 17.6 Å². The molecule has 3 nitrogen and oxygen atoms in total. The third-order valence-electron chi connectivity index (χ3n) is 8.34. The SMILES string of the molecule is CC1(O)CC[C@@]2(O)[C@@H]3CC=C4CC=CC(=O)[C@]4(C)C3CC[C@]12C. The Balaban J connectivity index is 1.81. The molecule has 0 amide bonds. The quantitative estimate of drug-likeness (QED) is 0.675. The number of hydrogen-bond donors (Lipinski definition) is 2. The average molecular weight is 316 g/mol. The number of allylic oxidation sites excluding steroid dienone is 4. The van der Waals surface area contributed by atoms with Gasteiger partial charge < -0.3 is 10.2 Å². The second-order valence-electron chi connectivity index (χ2n) is 8.92. The molecule has 126 valence electrons. The minimum Gasteiger partial charge on any atom is -0.389 e. The second kappa shape index (κ2) is 4.37. The molecule has 4 aliphatic carbocycles. The van der Waals surface area contributed by atoms with Crippen LogP contribution in [0.1, 0.15) is 59.3 Å². The Morgan fingerprint density at radius 1 is 1.09 bits per heavy atom. The first-order valence-electron chi connectivity index (χ1n) is 9.02. The lowest BCUT2D eigenvalue weighted by molar-refractivity contribution is -0.207. The van der Waals surface area contributed by atoms with Gasteiger partial charge in [-0.1, -0.05) is 24.6 Å². The van der Waals surface area contributed by atoms with Crippen LogP contribution in [-0.4, -0.2) is 27.2 Å². The highest BCUT2D eigenvalue weighted by atomic mass is 16.3. The molecule has 0 spiro atoms. The summed E-state index contributed by atoms with van der Waals surface area (Å²) in [6, 6.07) is 0. The molecule has 0 aromatic rings. The average Bonchev–Trinajstić information content (AvgIpc) is 2.69. The third-order valence-corrected chi connectivity index (χ3v) is 8.34. The van der Waals surface area contributed by atoms with Crippen LogP contribution in [0.15, 0.2) is 23.8 Å². The standard InChI is InChI=1S/C20H28O3/c1-17-10-9-14-15(20(17,23)12-11-18(17,2)22)8-7-13-5-4-6-16(21)19(13,14)3/h4,6-7,14-15,22-23H,5,8-12H2,1-3H3/t14?,15-,17-,18?,19+,20-/m1/s1. The topological polar surface area (TPSA) is 57.5 Å². The van der Waals surface area contributed by atoms with E-state index in [1.54, 1.807) is 6.08 Å². The van der Waals surface area contributed by atoms with Crippen LogP contribution >= 0.6 is 0 Å². The van der Waals surface area contributed by atoms with Crippen molar-refractivity contribution in [3.63, 3.8) is 0 Å². The summed E-state index contributed by atoms with van der Waals surface area (Å²) in [6.45, 7) is 6.02. The van der Waals surface area contributed by atoms with Crippen LogP contribution in [0.5, 0.6) is 0 Å². The summed E-state index contributed by atoms with van der Waals surface area (Å²) in [5.41, 5.74) is -1.39. The van der Waals surface area contributed by atoms with Crippen LogP contribution in [0.25, 0.3) is 0 Å². The maximum Gasteiger partial charge on any atom is 0.165 e. The Hall–Kier alpha value is -0.930. The van der Waals surface area contributed by atoms with Crippen LogP contribution in [0.2, 0.25) is 0 Å². The van der Waals surface area contributed by atoms with Gasteiger partial charge in [0.1, 0.15) is 0 Å².